The van der Waals surface area contributed by atoms with Crippen molar-refractivity contribution in [2.45, 2.75) is 24.3 Å². The van der Waals surface area contributed by atoms with Crippen LogP contribution in [0.1, 0.15) is 24.1 Å². The molecule has 35 heavy (non-hydrogen) atoms. The lowest BCUT2D eigenvalue weighted by atomic mass is 10.2. The fraction of sp³-hybridized carbons (Fsp3) is 0.389. The van der Waals surface area contributed by atoms with E-state index < -0.39 is 64.3 Å². The first-order valence-corrected chi connectivity index (χ1v) is 13.7. The zero-order chi connectivity index (χ0) is 26.5. The van der Waals surface area contributed by atoms with Gasteiger partial charge >= 0.3 is 6.18 Å². The molecule has 0 atom stereocenters. The molecule has 0 aliphatic heterocycles. The second-order valence-electron chi connectivity index (χ2n) is 7.74. The Bertz CT molecular complexity index is 1440. The summed E-state index contributed by atoms with van der Waals surface area (Å²) in [6.45, 7) is 0. The van der Waals surface area contributed by atoms with Crippen LogP contribution in [0.2, 0.25) is 10.0 Å². The van der Waals surface area contributed by atoms with Gasteiger partial charge in [0.15, 0.2) is 17.2 Å². The van der Waals surface area contributed by atoms with Gasteiger partial charge in [-0.1, -0.05) is 23.2 Å². The molecule has 0 unspecified atom stereocenters. The molecule has 1 fully saturated rings. The van der Waals surface area contributed by atoms with Gasteiger partial charge in [-0.15, -0.1) is 0 Å². The van der Waals surface area contributed by atoms with Gasteiger partial charge in [-0.05, 0) is 25.0 Å². The van der Waals surface area contributed by atoms with E-state index in [0.717, 1.165) is 11.0 Å². The number of nitriles is 1. The molecule has 17 heteroatoms. The smallest absolute Gasteiger partial charge is 0.369 e. The normalized spacial score (nSPS) is 14.8. The first kappa shape index (κ1) is 27.1. The van der Waals surface area contributed by atoms with Crippen LogP contribution in [0.5, 0.6) is 0 Å². The monoisotopic (exact) mass is 572 g/mol. The topological polar surface area (TPSA) is 129 Å². The number of hydrogen-bond donors (Lipinski definition) is 0. The summed E-state index contributed by atoms with van der Waals surface area (Å²) in [5.74, 6) is -0.506. The molecule has 0 saturated heterocycles. The van der Waals surface area contributed by atoms with Crippen molar-refractivity contribution >= 4 is 61.1 Å². The number of aromatic nitrogens is 2. The van der Waals surface area contributed by atoms with Gasteiger partial charge in [0.1, 0.15) is 11.8 Å². The Kier molecular flexibility index (Phi) is 7.08. The van der Waals surface area contributed by atoms with Crippen molar-refractivity contribution in [1.29, 1.82) is 5.26 Å². The summed E-state index contributed by atoms with van der Waals surface area (Å²) in [7, 11) is -5.97. The molecule has 1 aromatic carbocycles. The predicted molar refractivity (Wildman–Crippen MR) is 124 cm³/mol. The van der Waals surface area contributed by atoms with E-state index in [9.17, 15) is 35.3 Å². The van der Waals surface area contributed by atoms with E-state index in [1.807, 2.05) is 0 Å². The largest absolute Gasteiger partial charge is 0.416 e. The van der Waals surface area contributed by atoms with Gasteiger partial charge in [0, 0.05) is 14.1 Å². The minimum absolute atomic E-state index is 0.0773. The Morgan fingerprint density at radius 1 is 1.20 bits per heavy atom. The van der Waals surface area contributed by atoms with Crippen LogP contribution >= 0.6 is 23.2 Å². The second kappa shape index (κ2) is 9.16. The van der Waals surface area contributed by atoms with Crippen molar-refractivity contribution in [3.63, 3.8) is 0 Å². The minimum atomic E-state index is -4.78. The number of anilines is 1. The number of nitrogens with zero attached hydrogens (tertiary/aromatic N) is 6. The molecule has 3 rings (SSSR count). The number of hydrogen-bond acceptors (Lipinski definition) is 7. The van der Waals surface area contributed by atoms with Crippen molar-refractivity contribution < 1.29 is 30.0 Å². The van der Waals surface area contributed by atoms with Gasteiger partial charge in [-0.25, -0.2) is 26.5 Å². The van der Waals surface area contributed by atoms with E-state index in [4.69, 9.17) is 23.2 Å². The van der Waals surface area contributed by atoms with Crippen LogP contribution in [0, 0.1) is 11.3 Å². The number of aliphatic imine (C=N–C) groups is 1. The molecule has 1 aliphatic carbocycles. The Morgan fingerprint density at radius 2 is 1.74 bits per heavy atom. The highest BCUT2D eigenvalue weighted by atomic mass is 35.5. The number of benzene rings is 1. The third-order valence-corrected chi connectivity index (χ3v) is 9.33. The van der Waals surface area contributed by atoms with Gasteiger partial charge in [-0.3, -0.25) is 0 Å². The van der Waals surface area contributed by atoms with Crippen LogP contribution in [-0.2, 0) is 26.2 Å². The van der Waals surface area contributed by atoms with E-state index in [0.29, 0.717) is 18.4 Å². The van der Waals surface area contributed by atoms with Crippen molar-refractivity contribution in [1.82, 2.24) is 14.7 Å². The molecule has 0 N–H and O–H groups in total. The maximum atomic E-state index is 13.2. The molecule has 0 bridgehead atoms. The van der Waals surface area contributed by atoms with E-state index >= 15 is 0 Å². The van der Waals surface area contributed by atoms with E-state index in [1.165, 1.54) is 4.90 Å². The predicted octanol–water partition coefficient (Wildman–Crippen LogP) is 3.55. The van der Waals surface area contributed by atoms with Crippen LogP contribution in [0.3, 0.4) is 0 Å². The van der Waals surface area contributed by atoms with Gasteiger partial charge in [-0.2, -0.15) is 27.2 Å². The lowest BCUT2D eigenvalue weighted by Crippen LogP contribution is -2.38. The van der Waals surface area contributed by atoms with E-state index in [2.05, 4.69) is 10.1 Å². The number of rotatable bonds is 7. The average molecular weight is 573 g/mol. The summed E-state index contributed by atoms with van der Waals surface area (Å²) in [4.78, 5) is 5.48. The highest BCUT2D eigenvalue weighted by Gasteiger charge is 2.47. The maximum absolute atomic E-state index is 13.2. The van der Waals surface area contributed by atoms with Gasteiger partial charge in [0.25, 0.3) is 10.0 Å². The van der Waals surface area contributed by atoms with Crippen molar-refractivity contribution in [2.75, 3.05) is 24.1 Å². The molecular formula is C18H17Cl2F3N6O4S2. The second-order valence-corrected chi connectivity index (χ2v) is 12.7. The summed E-state index contributed by atoms with van der Waals surface area (Å²) in [5.41, 5.74) is -2.92. The summed E-state index contributed by atoms with van der Waals surface area (Å²) >= 11 is 12.2. The molecule has 2 aromatic rings. The van der Waals surface area contributed by atoms with Gasteiger partial charge < -0.3 is 4.90 Å². The Labute approximate surface area is 209 Å². The first-order valence-electron chi connectivity index (χ1n) is 9.54. The summed E-state index contributed by atoms with van der Waals surface area (Å²) in [6.07, 6.45) is -2.60. The molecule has 10 nitrogen and oxygen atoms in total. The number of halogens is 5. The standard InChI is InChI=1S/C18H17Cl2F3N6O4S2/c1-27(2)9-25-17-16(29(34(3,30)31)35(32,33)11-4-5-11)14(8-24)26-28(17)15-12(19)6-10(7-13(15)20)18(21,22)23/h6-7,9,11H,4-5H2,1-3H3/b25-9+. The molecule has 0 amide bonds. The van der Waals surface area contributed by atoms with Crippen LogP contribution in [0.4, 0.5) is 24.7 Å². The van der Waals surface area contributed by atoms with Gasteiger partial charge in [0.05, 0.1) is 33.5 Å². The van der Waals surface area contributed by atoms with Gasteiger partial charge in [0.2, 0.25) is 10.0 Å². The fourth-order valence-corrected chi connectivity index (χ4v) is 7.45. The maximum Gasteiger partial charge on any atom is 0.416 e. The lowest BCUT2D eigenvalue weighted by molar-refractivity contribution is -0.137. The molecule has 1 aromatic heterocycles. The Hall–Kier alpha value is -2.54. The number of sulfonamides is 2. The van der Waals surface area contributed by atoms with Crippen molar-refractivity contribution in [2.24, 2.45) is 4.99 Å². The fourth-order valence-electron chi connectivity index (χ4n) is 3.00. The summed E-state index contributed by atoms with van der Waals surface area (Å²) < 4.78 is 91.9. The molecule has 0 radical (unpaired) electrons. The Balaban J connectivity index is 2.44. The molecule has 190 valence electrons. The highest BCUT2D eigenvalue weighted by Crippen LogP contribution is 2.44. The van der Waals surface area contributed by atoms with Crippen LogP contribution in [-0.4, -0.2) is 63.5 Å². The quantitative estimate of drug-likeness (QED) is 0.366. The first-order chi connectivity index (χ1) is 16.0. The summed E-state index contributed by atoms with van der Waals surface area (Å²) in [6, 6.07) is 2.74. The SMILES string of the molecule is CN(C)/C=N/c1c(N(S(C)(=O)=O)S(=O)(=O)C2CC2)c(C#N)nn1-c1c(Cl)cc(C(F)(F)F)cc1Cl. The van der Waals surface area contributed by atoms with Crippen molar-refractivity contribution in [3.8, 4) is 11.8 Å². The third kappa shape index (κ3) is 5.35. The third-order valence-electron chi connectivity index (χ3n) is 4.57. The molecular weight excluding hydrogens is 556 g/mol. The van der Waals surface area contributed by atoms with Crippen molar-refractivity contribution in [3.05, 3.63) is 33.4 Å². The zero-order valence-corrected chi connectivity index (χ0v) is 21.4. The molecule has 0 spiro atoms. The molecule has 1 saturated carbocycles. The highest BCUT2D eigenvalue weighted by molar-refractivity contribution is 8.10. The van der Waals surface area contributed by atoms with E-state index in [-0.39, 0.29) is 22.2 Å². The van der Waals surface area contributed by atoms with Crippen LogP contribution < -0.4 is 3.71 Å². The zero-order valence-electron chi connectivity index (χ0n) is 18.2. The lowest BCUT2D eigenvalue weighted by Gasteiger charge is -2.21. The van der Waals surface area contributed by atoms with E-state index in [1.54, 1.807) is 20.2 Å². The van der Waals surface area contributed by atoms with Crippen LogP contribution in [0.25, 0.3) is 5.69 Å². The number of alkyl halides is 3. The minimum Gasteiger partial charge on any atom is -0.369 e. The molecule has 1 aliphatic rings. The van der Waals surface area contributed by atoms with Crippen LogP contribution in [0.15, 0.2) is 17.1 Å². The summed E-state index contributed by atoms with van der Waals surface area (Å²) in [5, 5.41) is 11.5. The average Bonchev–Trinajstić information content (AvgIpc) is 3.49. The molecule has 1 heterocycles. The Morgan fingerprint density at radius 3 is 2.14 bits per heavy atom.